The molecule has 212 valence electrons. The van der Waals surface area contributed by atoms with Crippen molar-refractivity contribution in [3.05, 3.63) is 77.5 Å². The Balaban J connectivity index is 0.00000185. The molecule has 0 N–H and O–H groups in total. The average Bonchev–Trinajstić information content (AvgIpc) is 3.38. The number of para-hydroxylation sites is 1. The number of carbonyl (C=O) groups is 1. The number of ether oxygens (including phenoxy) is 2. The van der Waals surface area contributed by atoms with Crippen molar-refractivity contribution in [1.82, 2.24) is 19.4 Å². The van der Waals surface area contributed by atoms with Gasteiger partial charge in [0.05, 0.1) is 23.5 Å². The summed E-state index contributed by atoms with van der Waals surface area (Å²) in [4.78, 5) is 26.3. The second kappa shape index (κ2) is 12.9. The lowest BCUT2D eigenvalue weighted by Gasteiger charge is -2.36. The SMILES string of the molecule is CCOC(=O)c1ncn2c1COc1c(CCCN3CCN(c4cccc5nc(C)ccc45)CC3)cccc1-2.Cl.Cl. The summed E-state index contributed by atoms with van der Waals surface area (Å²) in [7, 11) is 0. The molecule has 0 saturated carbocycles. The predicted octanol–water partition coefficient (Wildman–Crippen LogP) is 5.40. The second-order valence-electron chi connectivity index (χ2n) is 9.91. The van der Waals surface area contributed by atoms with Gasteiger partial charge in [0.15, 0.2) is 5.69 Å². The van der Waals surface area contributed by atoms with Crippen molar-refractivity contribution in [1.29, 1.82) is 0 Å². The Morgan fingerprint density at radius 2 is 1.77 bits per heavy atom. The third-order valence-corrected chi connectivity index (χ3v) is 7.51. The minimum atomic E-state index is -0.406. The number of rotatable bonds is 7. The van der Waals surface area contributed by atoms with E-state index in [0.29, 0.717) is 18.9 Å². The number of hydrogen-bond acceptors (Lipinski definition) is 7. The molecule has 0 amide bonds. The van der Waals surface area contributed by atoms with Gasteiger partial charge in [0.2, 0.25) is 0 Å². The normalized spacial score (nSPS) is 14.4. The number of nitrogens with zero attached hydrogens (tertiary/aromatic N) is 5. The van der Waals surface area contributed by atoms with Gasteiger partial charge in [-0.25, -0.2) is 9.78 Å². The smallest absolute Gasteiger partial charge is 0.358 e. The lowest BCUT2D eigenvalue weighted by Crippen LogP contribution is -2.46. The number of anilines is 1. The summed E-state index contributed by atoms with van der Waals surface area (Å²) in [5.41, 5.74) is 6.60. The molecular weight excluding hydrogens is 549 g/mol. The van der Waals surface area contributed by atoms with Gasteiger partial charge in [-0.2, -0.15) is 0 Å². The third-order valence-electron chi connectivity index (χ3n) is 7.51. The molecular formula is C30H35Cl2N5O3. The van der Waals surface area contributed by atoms with Gasteiger partial charge in [-0.1, -0.05) is 18.2 Å². The number of pyridine rings is 1. The fraction of sp³-hybridized carbons (Fsp3) is 0.367. The molecule has 10 heteroatoms. The van der Waals surface area contributed by atoms with Crippen LogP contribution < -0.4 is 9.64 Å². The quantitative estimate of drug-likeness (QED) is 0.270. The molecule has 2 aromatic heterocycles. The molecule has 8 nitrogen and oxygen atoms in total. The highest BCUT2D eigenvalue weighted by Gasteiger charge is 2.27. The molecule has 4 heterocycles. The molecule has 2 aromatic carbocycles. The van der Waals surface area contributed by atoms with Crippen LogP contribution in [-0.4, -0.2) is 64.7 Å². The second-order valence-corrected chi connectivity index (χ2v) is 9.91. The van der Waals surface area contributed by atoms with Crippen LogP contribution in [0.2, 0.25) is 0 Å². The number of fused-ring (bicyclic) bond motifs is 4. The first-order valence-corrected chi connectivity index (χ1v) is 13.4. The number of imidazole rings is 1. The van der Waals surface area contributed by atoms with E-state index in [2.05, 4.69) is 57.2 Å². The summed E-state index contributed by atoms with van der Waals surface area (Å²) >= 11 is 0. The predicted molar refractivity (Wildman–Crippen MR) is 162 cm³/mol. The molecule has 1 saturated heterocycles. The number of halogens is 2. The fourth-order valence-electron chi connectivity index (χ4n) is 5.58. The first-order valence-electron chi connectivity index (χ1n) is 13.4. The van der Waals surface area contributed by atoms with Crippen molar-refractivity contribution in [2.75, 3.05) is 44.2 Å². The maximum atomic E-state index is 12.3. The zero-order valence-corrected chi connectivity index (χ0v) is 24.5. The van der Waals surface area contributed by atoms with Crippen molar-refractivity contribution in [2.24, 2.45) is 0 Å². The zero-order valence-electron chi connectivity index (χ0n) is 22.8. The van der Waals surface area contributed by atoms with Gasteiger partial charge in [-0.15, -0.1) is 24.8 Å². The third kappa shape index (κ3) is 5.75. The number of benzene rings is 2. The van der Waals surface area contributed by atoms with E-state index in [1.54, 1.807) is 13.3 Å². The van der Waals surface area contributed by atoms with Gasteiger partial charge in [0.1, 0.15) is 18.7 Å². The van der Waals surface area contributed by atoms with Crippen LogP contribution in [0.25, 0.3) is 16.6 Å². The highest BCUT2D eigenvalue weighted by molar-refractivity contribution is 5.92. The minimum absolute atomic E-state index is 0. The molecule has 2 aliphatic rings. The van der Waals surface area contributed by atoms with Gasteiger partial charge in [-0.3, -0.25) is 14.5 Å². The maximum absolute atomic E-state index is 12.3. The topological polar surface area (TPSA) is 72.7 Å². The Bertz CT molecular complexity index is 1480. The van der Waals surface area contributed by atoms with Gasteiger partial charge >= 0.3 is 5.97 Å². The van der Waals surface area contributed by atoms with E-state index in [0.717, 1.165) is 73.9 Å². The Kier molecular flexibility index (Phi) is 9.56. The van der Waals surface area contributed by atoms with Crippen molar-refractivity contribution in [3.8, 4) is 11.4 Å². The summed E-state index contributed by atoms with van der Waals surface area (Å²) < 4.78 is 13.3. The maximum Gasteiger partial charge on any atom is 0.358 e. The molecule has 0 atom stereocenters. The van der Waals surface area contributed by atoms with Crippen LogP contribution in [0.1, 0.15) is 40.8 Å². The summed E-state index contributed by atoms with van der Waals surface area (Å²) in [5.74, 6) is 0.481. The van der Waals surface area contributed by atoms with E-state index in [1.807, 2.05) is 17.6 Å². The highest BCUT2D eigenvalue weighted by Crippen LogP contribution is 2.35. The van der Waals surface area contributed by atoms with Gasteiger partial charge in [-0.05, 0) is 69.1 Å². The molecule has 40 heavy (non-hydrogen) atoms. The molecule has 0 spiro atoms. The number of piperazine rings is 1. The average molecular weight is 585 g/mol. The first-order chi connectivity index (χ1) is 18.6. The monoisotopic (exact) mass is 583 g/mol. The molecule has 4 aromatic rings. The molecule has 2 aliphatic heterocycles. The Labute approximate surface area is 247 Å². The first kappa shape index (κ1) is 29.6. The van der Waals surface area contributed by atoms with Crippen molar-refractivity contribution < 1.29 is 14.3 Å². The van der Waals surface area contributed by atoms with Crippen molar-refractivity contribution in [3.63, 3.8) is 0 Å². The van der Waals surface area contributed by atoms with Crippen LogP contribution in [0.5, 0.6) is 5.75 Å². The van der Waals surface area contributed by atoms with E-state index in [9.17, 15) is 4.79 Å². The van der Waals surface area contributed by atoms with Gasteiger partial charge in [0, 0.05) is 42.9 Å². The van der Waals surface area contributed by atoms with Gasteiger partial charge in [0.25, 0.3) is 0 Å². The van der Waals surface area contributed by atoms with E-state index >= 15 is 0 Å². The van der Waals surface area contributed by atoms with Crippen molar-refractivity contribution in [2.45, 2.75) is 33.3 Å². The standard InChI is InChI=1S/C30H33N5O3.2ClH/c1-3-37-30(36)28-27-19-38-29-22(7-4-11-26(29)35(27)20-31-28)8-6-14-33-15-17-34(18-16-33)25-10-5-9-24-23(25)13-12-21(2)32-24;;/h4-5,7,9-13,20H,3,6,8,14-19H2,1-2H3;2*1H. The molecule has 0 aliphatic carbocycles. The number of carbonyl (C=O) groups excluding carboxylic acids is 1. The highest BCUT2D eigenvalue weighted by atomic mass is 35.5. The Morgan fingerprint density at radius 1 is 1.00 bits per heavy atom. The van der Waals surface area contributed by atoms with Crippen LogP contribution in [0.4, 0.5) is 5.69 Å². The Hall–Kier alpha value is -3.33. The van der Waals surface area contributed by atoms with Gasteiger partial charge < -0.3 is 14.4 Å². The molecule has 0 bridgehead atoms. The summed E-state index contributed by atoms with van der Waals surface area (Å²) in [6.07, 6.45) is 3.69. The van der Waals surface area contributed by atoms with Crippen LogP contribution in [0, 0.1) is 6.92 Å². The summed E-state index contributed by atoms with van der Waals surface area (Å²) in [6.45, 7) is 9.65. The molecule has 0 unspecified atom stereocenters. The van der Waals surface area contributed by atoms with E-state index in [4.69, 9.17) is 14.5 Å². The molecule has 6 rings (SSSR count). The van der Waals surface area contributed by atoms with Crippen LogP contribution in [-0.2, 0) is 17.8 Å². The number of aromatic nitrogens is 3. The summed E-state index contributed by atoms with van der Waals surface area (Å²) in [5, 5.41) is 1.23. The van der Waals surface area contributed by atoms with E-state index in [1.165, 1.54) is 16.6 Å². The number of hydrogen-bond donors (Lipinski definition) is 0. The zero-order chi connectivity index (χ0) is 26.1. The van der Waals surface area contributed by atoms with Crippen molar-refractivity contribution >= 4 is 47.4 Å². The largest absolute Gasteiger partial charge is 0.485 e. The van der Waals surface area contributed by atoms with E-state index < -0.39 is 5.97 Å². The molecule has 1 fully saturated rings. The van der Waals surface area contributed by atoms with Crippen LogP contribution in [0.3, 0.4) is 0 Å². The number of esters is 1. The lowest BCUT2D eigenvalue weighted by atomic mass is 10.1. The van der Waals surface area contributed by atoms with Crippen LogP contribution in [0.15, 0.2) is 54.9 Å². The number of aryl methyl sites for hydroxylation is 2. The van der Waals surface area contributed by atoms with E-state index in [-0.39, 0.29) is 24.8 Å². The summed E-state index contributed by atoms with van der Waals surface area (Å²) in [6, 6.07) is 16.9. The molecule has 0 radical (unpaired) electrons. The fourth-order valence-corrected chi connectivity index (χ4v) is 5.58. The minimum Gasteiger partial charge on any atom is -0.485 e. The Morgan fingerprint density at radius 3 is 2.58 bits per heavy atom. The van der Waals surface area contributed by atoms with Crippen LogP contribution >= 0.6 is 24.8 Å². The lowest BCUT2D eigenvalue weighted by molar-refractivity contribution is 0.0516.